The van der Waals surface area contributed by atoms with Gasteiger partial charge in [0.15, 0.2) is 4.90 Å². The Kier molecular flexibility index (Phi) is 8.07. The molecule has 1 amide bonds. The van der Waals surface area contributed by atoms with Crippen molar-refractivity contribution in [3.05, 3.63) is 30.0 Å². The molecule has 2 N–H and O–H groups in total. The van der Waals surface area contributed by atoms with E-state index in [0.29, 0.717) is 18.0 Å². The molecule has 0 bridgehead atoms. The number of rotatable bonds is 6. The number of sulfonamides is 1. The van der Waals surface area contributed by atoms with Gasteiger partial charge < -0.3 is 19.9 Å². The minimum atomic E-state index is -3.88. The number of carbonyl (C=O) groups excluding carboxylic acids is 1. The number of hydrogen-bond acceptors (Lipinski definition) is 7. The summed E-state index contributed by atoms with van der Waals surface area (Å²) in [6.45, 7) is 5.95. The smallest absolute Gasteiger partial charge is 0.271 e. The molecule has 0 atom stereocenters. The van der Waals surface area contributed by atoms with Crippen LogP contribution in [0.5, 0.6) is 11.6 Å². The lowest BCUT2D eigenvalue weighted by Gasteiger charge is -2.30. The van der Waals surface area contributed by atoms with Crippen LogP contribution < -0.4 is 19.1 Å². The first-order chi connectivity index (χ1) is 14.2. The summed E-state index contributed by atoms with van der Waals surface area (Å²) in [4.78, 5) is 9.68. The summed E-state index contributed by atoms with van der Waals surface area (Å²) in [5, 5.41) is 15.5. The average Bonchev–Trinajstić information content (AvgIpc) is 3.16. The van der Waals surface area contributed by atoms with E-state index in [1.54, 1.807) is 19.2 Å². The highest BCUT2D eigenvalue weighted by Gasteiger charge is 2.34. The van der Waals surface area contributed by atoms with Crippen molar-refractivity contribution in [3.8, 4) is 11.6 Å². The molecule has 2 aromatic rings. The van der Waals surface area contributed by atoms with E-state index < -0.39 is 10.0 Å². The van der Waals surface area contributed by atoms with E-state index in [1.807, 2.05) is 19.9 Å². The largest absolute Gasteiger partial charge is 0.489 e. The Morgan fingerprint density at radius 2 is 2.10 bits per heavy atom. The summed E-state index contributed by atoms with van der Waals surface area (Å²) in [6.07, 6.45) is 1.45. The topological polar surface area (TPSA) is 123 Å². The molecule has 0 spiro atoms. The molecule has 0 aliphatic carbocycles. The number of nitrogens with one attached hydrogen (secondary N) is 1. The summed E-state index contributed by atoms with van der Waals surface area (Å²) in [6, 6.07) is 5.43. The first kappa shape index (κ1) is 23.5. The van der Waals surface area contributed by atoms with E-state index in [2.05, 4.69) is 10.4 Å². The molecule has 30 heavy (non-hydrogen) atoms. The first-order valence-electron chi connectivity index (χ1n) is 9.50. The molecule has 1 aromatic heterocycles. The Balaban J connectivity index is 0.000000575. The second-order valence-corrected chi connectivity index (χ2v) is 8.26. The Morgan fingerprint density at radius 3 is 2.70 bits per heavy atom. The standard InChI is InChI=1S/C16H21N3O5S.C3H7NO/c1-3-18-11-15(16(17-18)24-9-7-20)25(21,22)19-6-8-23-14-5-4-12(2)10-13(14)19;1-3(5)4-2/h4-5,10-11,20H,3,6-9H2,1-2H3;1-2H3,(H,4,5). The SMILES string of the molecule is CCn1cc(S(=O)(=O)N2CCOc3ccc(C)cc32)c(OCCO)n1.CNC(C)=O. The van der Waals surface area contributed by atoms with Crippen molar-refractivity contribution in [3.63, 3.8) is 0 Å². The van der Waals surface area contributed by atoms with Crippen LogP contribution in [0.15, 0.2) is 29.3 Å². The van der Waals surface area contributed by atoms with E-state index in [-0.39, 0.29) is 43.0 Å². The van der Waals surface area contributed by atoms with Crippen molar-refractivity contribution >= 4 is 21.6 Å². The fraction of sp³-hybridized carbons (Fsp3) is 0.474. The number of aryl methyl sites for hydroxylation is 2. The van der Waals surface area contributed by atoms with Gasteiger partial charge in [-0.25, -0.2) is 8.42 Å². The highest BCUT2D eigenvalue weighted by molar-refractivity contribution is 7.93. The van der Waals surface area contributed by atoms with Crippen molar-refractivity contribution in [1.29, 1.82) is 0 Å². The van der Waals surface area contributed by atoms with Gasteiger partial charge in [0.05, 0.1) is 18.8 Å². The van der Waals surface area contributed by atoms with Gasteiger partial charge in [-0.05, 0) is 31.5 Å². The maximum atomic E-state index is 13.2. The third-order valence-corrected chi connectivity index (χ3v) is 6.00. The van der Waals surface area contributed by atoms with Gasteiger partial charge in [-0.2, -0.15) is 0 Å². The molecule has 1 aromatic carbocycles. The van der Waals surface area contributed by atoms with Crippen LogP contribution in [0.3, 0.4) is 0 Å². The van der Waals surface area contributed by atoms with Gasteiger partial charge in [0.2, 0.25) is 5.91 Å². The van der Waals surface area contributed by atoms with E-state index in [1.165, 1.54) is 22.1 Å². The number of aliphatic hydroxyl groups excluding tert-OH is 1. The Morgan fingerprint density at radius 1 is 1.40 bits per heavy atom. The molecule has 11 heteroatoms. The molecule has 3 rings (SSSR count). The van der Waals surface area contributed by atoms with Gasteiger partial charge in [-0.3, -0.25) is 13.8 Å². The molecule has 0 saturated carbocycles. The summed E-state index contributed by atoms with van der Waals surface area (Å²) in [5.41, 5.74) is 1.44. The van der Waals surface area contributed by atoms with Crippen molar-refractivity contribution in [2.45, 2.75) is 32.2 Å². The summed E-state index contributed by atoms with van der Waals surface area (Å²) >= 11 is 0. The fourth-order valence-corrected chi connectivity index (χ4v) is 4.17. The minimum Gasteiger partial charge on any atom is -0.489 e. The number of carbonyl (C=O) groups is 1. The molecular weight excluding hydrogens is 412 g/mol. The normalized spacial score (nSPS) is 12.9. The van der Waals surface area contributed by atoms with Crippen molar-refractivity contribution in [2.75, 3.05) is 37.7 Å². The van der Waals surface area contributed by atoms with Gasteiger partial charge >= 0.3 is 0 Å². The van der Waals surface area contributed by atoms with Crippen LogP contribution in [0, 0.1) is 6.92 Å². The number of nitrogens with zero attached hydrogens (tertiary/aromatic N) is 3. The highest BCUT2D eigenvalue weighted by Crippen LogP contribution is 2.37. The summed E-state index contributed by atoms with van der Waals surface area (Å²) < 4.78 is 40.2. The van der Waals surface area contributed by atoms with Crippen molar-refractivity contribution < 1.29 is 27.8 Å². The average molecular weight is 441 g/mol. The zero-order valence-electron chi connectivity index (χ0n) is 17.6. The summed E-state index contributed by atoms with van der Waals surface area (Å²) in [5.74, 6) is 0.530. The van der Waals surface area contributed by atoms with Crippen LogP contribution in [-0.2, 0) is 21.4 Å². The second kappa shape index (κ2) is 10.3. The van der Waals surface area contributed by atoms with Crippen LogP contribution >= 0.6 is 0 Å². The fourth-order valence-electron chi connectivity index (χ4n) is 2.64. The first-order valence-corrected chi connectivity index (χ1v) is 10.9. The quantitative estimate of drug-likeness (QED) is 0.685. The minimum absolute atomic E-state index is 0.00315. The number of aromatic nitrogens is 2. The molecule has 0 radical (unpaired) electrons. The zero-order valence-corrected chi connectivity index (χ0v) is 18.4. The summed E-state index contributed by atoms with van der Waals surface area (Å²) in [7, 11) is -2.28. The van der Waals surface area contributed by atoms with Crippen LogP contribution in [0.1, 0.15) is 19.4 Å². The third kappa shape index (κ3) is 5.42. The van der Waals surface area contributed by atoms with Crippen molar-refractivity contribution in [1.82, 2.24) is 15.1 Å². The molecule has 166 valence electrons. The van der Waals surface area contributed by atoms with E-state index >= 15 is 0 Å². The predicted molar refractivity (Wildman–Crippen MR) is 111 cm³/mol. The Labute approximate surface area is 176 Å². The molecule has 0 unspecified atom stereocenters. The molecule has 2 heterocycles. The lowest BCUT2D eigenvalue weighted by molar-refractivity contribution is -0.118. The molecular formula is C19H28N4O6S. The van der Waals surface area contributed by atoms with Gasteiger partial charge in [-0.1, -0.05) is 6.07 Å². The molecule has 10 nitrogen and oxygen atoms in total. The zero-order chi connectivity index (χ0) is 22.3. The van der Waals surface area contributed by atoms with Crippen LogP contribution in [0.4, 0.5) is 5.69 Å². The molecule has 0 saturated heterocycles. The van der Waals surface area contributed by atoms with Crippen LogP contribution in [0.2, 0.25) is 0 Å². The lowest BCUT2D eigenvalue weighted by Crippen LogP contribution is -2.38. The van der Waals surface area contributed by atoms with Crippen LogP contribution in [0.25, 0.3) is 0 Å². The van der Waals surface area contributed by atoms with Gasteiger partial charge in [-0.15, -0.1) is 5.10 Å². The monoisotopic (exact) mass is 440 g/mol. The number of benzene rings is 1. The maximum absolute atomic E-state index is 13.2. The van der Waals surface area contributed by atoms with Gasteiger partial charge in [0, 0.05) is 26.7 Å². The van der Waals surface area contributed by atoms with Crippen LogP contribution in [-0.4, -0.2) is 62.6 Å². The predicted octanol–water partition coefficient (Wildman–Crippen LogP) is 0.923. The maximum Gasteiger partial charge on any atom is 0.271 e. The number of anilines is 1. The molecule has 1 aliphatic rings. The number of aliphatic hydroxyl groups is 1. The highest BCUT2D eigenvalue weighted by atomic mass is 32.2. The second-order valence-electron chi connectivity index (χ2n) is 6.43. The molecule has 1 aliphatic heterocycles. The molecule has 0 fully saturated rings. The van der Waals surface area contributed by atoms with E-state index in [9.17, 15) is 13.2 Å². The van der Waals surface area contributed by atoms with E-state index in [4.69, 9.17) is 14.6 Å². The lowest BCUT2D eigenvalue weighted by atomic mass is 10.2. The third-order valence-electron chi connectivity index (χ3n) is 4.21. The van der Waals surface area contributed by atoms with Gasteiger partial charge in [0.25, 0.3) is 15.9 Å². The Hall–Kier alpha value is -2.79. The number of fused-ring (bicyclic) bond motifs is 1. The number of hydrogen-bond donors (Lipinski definition) is 2. The van der Waals surface area contributed by atoms with Gasteiger partial charge in [0.1, 0.15) is 19.0 Å². The Bertz CT molecular complexity index is 973. The number of amides is 1. The van der Waals surface area contributed by atoms with E-state index in [0.717, 1.165) is 5.56 Å². The van der Waals surface area contributed by atoms with Crippen molar-refractivity contribution in [2.24, 2.45) is 0 Å². The number of ether oxygens (including phenoxy) is 2.